The Morgan fingerprint density at radius 1 is 1.29 bits per heavy atom. The van der Waals surface area contributed by atoms with Gasteiger partial charge in [-0.2, -0.15) is 9.35 Å². The number of nitrogens with one attached hydrogen (secondary N) is 1. The summed E-state index contributed by atoms with van der Waals surface area (Å²) in [6.07, 6.45) is 3.31. The summed E-state index contributed by atoms with van der Waals surface area (Å²) in [4.78, 5) is 13.0. The van der Waals surface area contributed by atoms with Gasteiger partial charge in [-0.1, -0.05) is 11.6 Å². The van der Waals surface area contributed by atoms with E-state index in [1.165, 1.54) is 6.33 Å². The number of pyridine rings is 1. The molecule has 11 heteroatoms. The summed E-state index contributed by atoms with van der Waals surface area (Å²) >= 11 is 6.06. The van der Waals surface area contributed by atoms with E-state index in [1.807, 2.05) is 13.0 Å². The van der Waals surface area contributed by atoms with Crippen molar-refractivity contribution in [2.24, 2.45) is 4.36 Å². The second kappa shape index (κ2) is 8.54. The first-order valence-corrected chi connectivity index (χ1v) is 12.2. The molecule has 2 atom stereocenters. The van der Waals surface area contributed by atoms with Crippen molar-refractivity contribution in [3.63, 3.8) is 0 Å². The van der Waals surface area contributed by atoms with Crippen molar-refractivity contribution in [3.8, 4) is 5.88 Å². The van der Waals surface area contributed by atoms with Crippen LogP contribution >= 0.6 is 11.6 Å². The van der Waals surface area contributed by atoms with Crippen LogP contribution in [0, 0.1) is 6.92 Å². The Hall–Kier alpha value is -2.53. The van der Waals surface area contributed by atoms with Gasteiger partial charge < -0.3 is 19.9 Å². The molecule has 4 rings (SSSR count). The standard InChI is InChI=1S/C20H22ClN5O4S/c1-11-6-12(26-31(2,3)28)7-14-18(11)19(23-10-22-14)24-13-4-5-17(21)25-20(13)30-16-9-29-8-15(16)27/h4-7,10,15-16,27H,8-9H2,1-3H3,(H,22,23,24)/t15-,16-/m0/s1. The number of nitrogens with zero attached hydrogens (tertiary/aromatic N) is 4. The van der Waals surface area contributed by atoms with Gasteiger partial charge in [0, 0.05) is 27.6 Å². The highest BCUT2D eigenvalue weighted by atomic mass is 35.5. The average molecular weight is 464 g/mol. The molecular formula is C20H22ClN5O4S. The Balaban J connectivity index is 1.73. The van der Waals surface area contributed by atoms with Gasteiger partial charge in [0.25, 0.3) is 0 Å². The van der Waals surface area contributed by atoms with E-state index in [-0.39, 0.29) is 24.2 Å². The van der Waals surface area contributed by atoms with E-state index in [1.54, 1.807) is 30.7 Å². The number of aryl methyl sites for hydroxylation is 1. The summed E-state index contributed by atoms with van der Waals surface area (Å²) in [6.45, 7) is 2.38. The fourth-order valence-corrected chi connectivity index (χ4v) is 4.04. The van der Waals surface area contributed by atoms with E-state index in [2.05, 4.69) is 24.6 Å². The van der Waals surface area contributed by atoms with E-state index >= 15 is 0 Å². The molecule has 164 valence electrons. The Morgan fingerprint density at radius 2 is 2.10 bits per heavy atom. The summed E-state index contributed by atoms with van der Waals surface area (Å²) in [7, 11) is -2.30. The molecule has 9 nitrogen and oxygen atoms in total. The van der Waals surface area contributed by atoms with E-state index in [4.69, 9.17) is 21.1 Å². The molecule has 3 heterocycles. The first kappa shape index (κ1) is 21.7. The number of aliphatic hydroxyl groups excluding tert-OH is 1. The molecule has 1 fully saturated rings. The first-order valence-electron chi connectivity index (χ1n) is 9.48. The van der Waals surface area contributed by atoms with Crippen molar-refractivity contribution in [1.82, 2.24) is 15.0 Å². The van der Waals surface area contributed by atoms with E-state index in [0.29, 0.717) is 22.7 Å². The molecule has 1 saturated heterocycles. The minimum atomic E-state index is -2.30. The molecule has 2 N–H and O–H groups in total. The molecule has 0 unspecified atom stereocenters. The second-order valence-corrected chi connectivity index (χ2v) is 10.5. The molecule has 0 amide bonds. The minimum absolute atomic E-state index is 0.207. The van der Waals surface area contributed by atoms with Crippen molar-refractivity contribution in [2.75, 3.05) is 31.0 Å². The lowest BCUT2D eigenvalue weighted by Gasteiger charge is -2.18. The summed E-state index contributed by atoms with van der Waals surface area (Å²) in [5.41, 5.74) is 2.65. The zero-order valence-corrected chi connectivity index (χ0v) is 18.8. The number of fused-ring (bicyclic) bond motifs is 1. The molecule has 1 aliphatic heterocycles. The SMILES string of the molecule is Cc1cc(N=S(C)(C)=O)cc2ncnc(Nc3ccc(Cl)nc3O[C@H]3COC[C@@H]3O)c12. The quantitative estimate of drug-likeness (QED) is 0.553. The third kappa shape index (κ3) is 5.04. The summed E-state index contributed by atoms with van der Waals surface area (Å²) in [5.74, 6) is 0.773. The summed E-state index contributed by atoms with van der Waals surface area (Å²) in [5, 5.41) is 14.3. The number of hydrogen-bond donors (Lipinski definition) is 2. The number of benzene rings is 1. The number of aliphatic hydroxyl groups is 1. The number of ether oxygens (including phenoxy) is 2. The number of halogens is 1. The van der Waals surface area contributed by atoms with Gasteiger partial charge in [-0.25, -0.2) is 14.2 Å². The van der Waals surface area contributed by atoms with Crippen LogP contribution in [0.2, 0.25) is 5.15 Å². The van der Waals surface area contributed by atoms with E-state index in [9.17, 15) is 9.32 Å². The van der Waals surface area contributed by atoms with Crippen molar-refractivity contribution in [3.05, 3.63) is 41.3 Å². The maximum atomic E-state index is 12.1. The second-order valence-electron chi connectivity index (χ2n) is 7.52. The normalized spacial score (nSPS) is 18.9. The van der Waals surface area contributed by atoms with Crippen LogP contribution in [0.5, 0.6) is 5.88 Å². The summed E-state index contributed by atoms with van der Waals surface area (Å²) in [6, 6.07) is 6.96. The van der Waals surface area contributed by atoms with Gasteiger partial charge in [-0.15, -0.1) is 0 Å². The predicted octanol–water partition coefficient (Wildman–Crippen LogP) is 3.23. The van der Waals surface area contributed by atoms with E-state index < -0.39 is 21.9 Å². The maximum Gasteiger partial charge on any atom is 0.239 e. The Bertz CT molecular complexity index is 1250. The third-order valence-corrected chi connectivity index (χ3v) is 5.45. The molecule has 0 saturated carbocycles. The zero-order valence-electron chi connectivity index (χ0n) is 17.2. The fourth-order valence-electron chi connectivity index (χ4n) is 3.28. The number of anilines is 2. The van der Waals surface area contributed by atoms with Gasteiger partial charge in [-0.3, -0.25) is 0 Å². The maximum absolute atomic E-state index is 12.1. The minimum Gasteiger partial charge on any atom is -0.468 e. The number of rotatable bonds is 5. The van der Waals surface area contributed by atoms with Gasteiger partial charge in [0.1, 0.15) is 29.1 Å². The lowest BCUT2D eigenvalue weighted by atomic mass is 10.1. The largest absolute Gasteiger partial charge is 0.468 e. The highest BCUT2D eigenvalue weighted by Gasteiger charge is 2.29. The molecule has 1 aromatic carbocycles. The van der Waals surface area contributed by atoms with Crippen LogP contribution in [0.25, 0.3) is 10.9 Å². The third-order valence-electron chi connectivity index (χ3n) is 4.59. The van der Waals surface area contributed by atoms with Crippen LogP contribution in [-0.4, -0.2) is 62.2 Å². The van der Waals surface area contributed by atoms with E-state index in [0.717, 1.165) is 10.9 Å². The molecular weight excluding hydrogens is 442 g/mol. The van der Waals surface area contributed by atoms with Crippen LogP contribution in [0.1, 0.15) is 5.56 Å². The molecule has 0 spiro atoms. The van der Waals surface area contributed by atoms with Crippen LogP contribution in [0.3, 0.4) is 0 Å². The van der Waals surface area contributed by atoms with Gasteiger partial charge >= 0.3 is 0 Å². The highest BCUT2D eigenvalue weighted by molar-refractivity contribution is 7.92. The zero-order chi connectivity index (χ0) is 22.2. The number of hydrogen-bond acceptors (Lipinski definition) is 9. The number of aromatic nitrogens is 3. The molecule has 2 aromatic heterocycles. The monoisotopic (exact) mass is 463 g/mol. The lowest BCUT2D eigenvalue weighted by molar-refractivity contribution is 0.0709. The van der Waals surface area contributed by atoms with Crippen molar-refractivity contribution < 1.29 is 18.8 Å². The summed E-state index contributed by atoms with van der Waals surface area (Å²) < 4.78 is 27.5. The van der Waals surface area contributed by atoms with Crippen molar-refractivity contribution >= 4 is 49.4 Å². The van der Waals surface area contributed by atoms with Crippen LogP contribution < -0.4 is 10.1 Å². The van der Waals surface area contributed by atoms with Crippen molar-refractivity contribution in [2.45, 2.75) is 19.1 Å². The average Bonchev–Trinajstić information content (AvgIpc) is 3.07. The Labute approximate surface area is 185 Å². The molecule has 1 aliphatic rings. The molecule has 0 bridgehead atoms. The predicted molar refractivity (Wildman–Crippen MR) is 120 cm³/mol. The first-order chi connectivity index (χ1) is 14.7. The smallest absolute Gasteiger partial charge is 0.239 e. The van der Waals surface area contributed by atoms with Crippen LogP contribution in [-0.2, 0) is 14.5 Å². The Kier molecular flexibility index (Phi) is 5.98. The molecule has 3 aromatic rings. The Morgan fingerprint density at radius 3 is 2.81 bits per heavy atom. The van der Waals surface area contributed by atoms with Gasteiger partial charge in [0.2, 0.25) is 5.88 Å². The van der Waals surface area contributed by atoms with Gasteiger partial charge in [-0.05, 0) is 36.8 Å². The van der Waals surface area contributed by atoms with Gasteiger partial charge in [0.05, 0.1) is 24.4 Å². The molecule has 0 radical (unpaired) electrons. The van der Waals surface area contributed by atoms with Gasteiger partial charge in [0.15, 0.2) is 6.10 Å². The molecule has 31 heavy (non-hydrogen) atoms. The fraction of sp³-hybridized carbons (Fsp3) is 0.350. The lowest BCUT2D eigenvalue weighted by Crippen LogP contribution is -2.30. The topological polar surface area (TPSA) is 119 Å². The van der Waals surface area contributed by atoms with Crippen LogP contribution in [0.4, 0.5) is 17.2 Å². The molecule has 0 aliphatic carbocycles. The van der Waals surface area contributed by atoms with Crippen LogP contribution in [0.15, 0.2) is 35.0 Å². The van der Waals surface area contributed by atoms with Crippen molar-refractivity contribution in [1.29, 1.82) is 0 Å². The highest BCUT2D eigenvalue weighted by Crippen LogP contribution is 2.34.